The molecule has 0 saturated carbocycles. The van der Waals surface area contributed by atoms with Crippen LogP contribution < -0.4 is 0 Å². The first-order chi connectivity index (χ1) is 5.72. The molecule has 1 fully saturated rings. The van der Waals surface area contributed by atoms with Crippen LogP contribution in [0.25, 0.3) is 0 Å². The first-order valence-corrected chi connectivity index (χ1v) is 5.49. The molecule has 1 N–H and O–H groups in total. The van der Waals surface area contributed by atoms with E-state index < -0.39 is 0 Å². The summed E-state index contributed by atoms with van der Waals surface area (Å²) in [6.07, 6.45) is 4.16. The summed E-state index contributed by atoms with van der Waals surface area (Å²) in [6.45, 7) is 1.95. The second-order valence-corrected chi connectivity index (χ2v) is 4.91. The molecule has 0 bridgehead atoms. The Morgan fingerprint density at radius 3 is 2.92 bits per heavy atom. The second-order valence-electron chi connectivity index (χ2n) is 3.40. The van der Waals surface area contributed by atoms with Crippen molar-refractivity contribution in [1.82, 2.24) is 0 Å². The standard InChI is InChI=1S/C9H16O2S/c1-2-8(11)6-9(7-10)4-3-5-12-9/h7-8,11H,2-6H2,1H3. The maximum Gasteiger partial charge on any atom is 0.136 e. The molecule has 12 heavy (non-hydrogen) atoms. The summed E-state index contributed by atoms with van der Waals surface area (Å²) in [7, 11) is 0. The van der Waals surface area contributed by atoms with Gasteiger partial charge in [-0.1, -0.05) is 6.92 Å². The Morgan fingerprint density at radius 2 is 2.50 bits per heavy atom. The van der Waals surface area contributed by atoms with Gasteiger partial charge < -0.3 is 9.90 Å². The number of thioether (sulfide) groups is 1. The lowest BCUT2D eigenvalue weighted by Gasteiger charge is -2.23. The monoisotopic (exact) mass is 188 g/mol. The average molecular weight is 188 g/mol. The zero-order valence-electron chi connectivity index (χ0n) is 7.45. The molecule has 1 saturated heterocycles. The van der Waals surface area contributed by atoms with Crippen molar-refractivity contribution in [2.24, 2.45) is 0 Å². The van der Waals surface area contributed by atoms with Crippen molar-refractivity contribution >= 4 is 18.0 Å². The van der Waals surface area contributed by atoms with Crippen LogP contribution in [0, 0.1) is 0 Å². The van der Waals surface area contributed by atoms with E-state index in [0.717, 1.165) is 31.3 Å². The van der Waals surface area contributed by atoms with Gasteiger partial charge in [0.2, 0.25) is 0 Å². The minimum absolute atomic E-state index is 0.255. The van der Waals surface area contributed by atoms with Gasteiger partial charge in [-0.05, 0) is 31.4 Å². The summed E-state index contributed by atoms with van der Waals surface area (Å²) < 4.78 is -0.255. The van der Waals surface area contributed by atoms with Gasteiger partial charge in [-0.3, -0.25) is 0 Å². The van der Waals surface area contributed by atoms with Crippen molar-refractivity contribution in [3.63, 3.8) is 0 Å². The fourth-order valence-electron chi connectivity index (χ4n) is 1.56. The molecule has 1 aliphatic rings. The number of hydrogen-bond donors (Lipinski definition) is 1. The quantitative estimate of drug-likeness (QED) is 0.681. The summed E-state index contributed by atoms with van der Waals surface area (Å²) in [5, 5.41) is 9.44. The van der Waals surface area contributed by atoms with Gasteiger partial charge in [0.05, 0.1) is 10.9 Å². The normalized spacial score (nSPS) is 31.8. The fraction of sp³-hybridized carbons (Fsp3) is 0.889. The maximum atomic E-state index is 10.8. The van der Waals surface area contributed by atoms with E-state index in [1.54, 1.807) is 11.8 Å². The van der Waals surface area contributed by atoms with Gasteiger partial charge >= 0.3 is 0 Å². The van der Waals surface area contributed by atoms with Crippen LogP contribution in [-0.4, -0.2) is 28.0 Å². The number of hydrogen-bond acceptors (Lipinski definition) is 3. The SMILES string of the molecule is CCC(O)CC1(C=O)CCCS1. The van der Waals surface area contributed by atoms with E-state index >= 15 is 0 Å². The third kappa shape index (κ3) is 2.23. The molecule has 2 atom stereocenters. The highest BCUT2D eigenvalue weighted by atomic mass is 32.2. The van der Waals surface area contributed by atoms with Crippen LogP contribution in [0.3, 0.4) is 0 Å². The number of carbonyl (C=O) groups excluding carboxylic acids is 1. The Balaban J connectivity index is 2.49. The molecular weight excluding hydrogens is 172 g/mol. The van der Waals surface area contributed by atoms with E-state index in [9.17, 15) is 9.90 Å². The topological polar surface area (TPSA) is 37.3 Å². The Kier molecular flexibility index (Phi) is 3.59. The molecule has 0 amide bonds. The number of aldehydes is 1. The number of aliphatic hydroxyl groups is 1. The van der Waals surface area contributed by atoms with Crippen LogP contribution in [0.1, 0.15) is 32.6 Å². The van der Waals surface area contributed by atoms with Crippen molar-refractivity contribution in [3.05, 3.63) is 0 Å². The van der Waals surface area contributed by atoms with Gasteiger partial charge in [0.1, 0.15) is 6.29 Å². The highest BCUT2D eigenvalue weighted by molar-refractivity contribution is 8.01. The van der Waals surface area contributed by atoms with Crippen molar-refractivity contribution in [2.75, 3.05) is 5.75 Å². The summed E-state index contributed by atoms with van der Waals surface area (Å²) in [5.41, 5.74) is 0. The van der Waals surface area contributed by atoms with E-state index in [1.165, 1.54) is 0 Å². The van der Waals surface area contributed by atoms with Crippen molar-refractivity contribution in [1.29, 1.82) is 0 Å². The lowest BCUT2D eigenvalue weighted by molar-refractivity contribution is -0.110. The largest absolute Gasteiger partial charge is 0.393 e. The molecule has 0 aromatic heterocycles. The van der Waals surface area contributed by atoms with Crippen LogP contribution in [0.2, 0.25) is 0 Å². The molecule has 3 heteroatoms. The van der Waals surface area contributed by atoms with Gasteiger partial charge in [-0.25, -0.2) is 0 Å². The fourth-order valence-corrected chi connectivity index (χ4v) is 2.93. The van der Waals surface area contributed by atoms with E-state index in [2.05, 4.69) is 0 Å². The highest BCUT2D eigenvalue weighted by Crippen LogP contribution is 2.40. The predicted molar refractivity (Wildman–Crippen MR) is 51.4 cm³/mol. The zero-order valence-corrected chi connectivity index (χ0v) is 8.27. The summed E-state index contributed by atoms with van der Waals surface area (Å²) >= 11 is 1.71. The van der Waals surface area contributed by atoms with E-state index in [1.807, 2.05) is 6.92 Å². The van der Waals surface area contributed by atoms with E-state index in [-0.39, 0.29) is 10.9 Å². The minimum Gasteiger partial charge on any atom is -0.393 e. The molecule has 70 valence electrons. The molecule has 0 radical (unpaired) electrons. The van der Waals surface area contributed by atoms with Gasteiger partial charge in [0.25, 0.3) is 0 Å². The number of carbonyl (C=O) groups is 1. The first kappa shape index (κ1) is 10.1. The second kappa shape index (κ2) is 4.28. The lowest BCUT2D eigenvalue weighted by atomic mass is 9.96. The molecule has 0 spiro atoms. The number of aliphatic hydroxyl groups excluding tert-OH is 1. The zero-order chi connectivity index (χ0) is 9.03. The molecule has 1 heterocycles. The average Bonchev–Trinajstić information content (AvgIpc) is 2.54. The summed E-state index contributed by atoms with van der Waals surface area (Å²) in [6, 6.07) is 0. The van der Waals surface area contributed by atoms with Gasteiger partial charge in [-0.15, -0.1) is 11.8 Å². The Bertz CT molecular complexity index is 153. The van der Waals surface area contributed by atoms with Gasteiger partial charge in [-0.2, -0.15) is 0 Å². The molecule has 1 aliphatic heterocycles. The van der Waals surface area contributed by atoms with Crippen LogP contribution in [-0.2, 0) is 4.79 Å². The molecule has 0 aromatic carbocycles. The molecule has 2 unspecified atom stereocenters. The highest BCUT2D eigenvalue weighted by Gasteiger charge is 2.35. The Labute approximate surface area is 77.7 Å². The van der Waals surface area contributed by atoms with Crippen LogP contribution >= 0.6 is 11.8 Å². The Hall–Kier alpha value is -0.0200. The smallest absolute Gasteiger partial charge is 0.136 e. The van der Waals surface area contributed by atoms with Crippen molar-refractivity contribution in [2.45, 2.75) is 43.5 Å². The third-order valence-electron chi connectivity index (χ3n) is 2.40. The Morgan fingerprint density at radius 1 is 1.75 bits per heavy atom. The van der Waals surface area contributed by atoms with Crippen LogP contribution in [0.15, 0.2) is 0 Å². The lowest BCUT2D eigenvalue weighted by Crippen LogP contribution is -2.28. The molecule has 0 aromatic rings. The van der Waals surface area contributed by atoms with Gasteiger partial charge in [0.15, 0.2) is 0 Å². The van der Waals surface area contributed by atoms with Crippen molar-refractivity contribution in [3.8, 4) is 0 Å². The third-order valence-corrected chi connectivity index (χ3v) is 3.94. The number of rotatable bonds is 4. The molecule has 1 rings (SSSR count). The molecular formula is C9H16O2S. The van der Waals surface area contributed by atoms with Crippen molar-refractivity contribution < 1.29 is 9.90 Å². The van der Waals surface area contributed by atoms with Crippen LogP contribution in [0.5, 0.6) is 0 Å². The molecule has 2 nitrogen and oxygen atoms in total. The maximum absolute atomic E-state index is 10.8. The first-order valence-electron chi connectivity index (χ1n) is 4.51. The minimum atomic E-state index is -0.305. The van der Waals surface area contributed by atoms with Gasteiger partial charge in [0, 0.05) is 0 Å². The summed E-state index contributed by atoms with van der Waals surface area (Å²) in [4.78, 5) is 10.8. The van der Waals surface area contributed by atoms with Crippen LogP contribution in [0.4, 0.5) is 0 Å². The molecule has 0 aliphatic carbocycles. The van der Waals surface area contributed by atoms with E-state index in [0.29, 0.717) is 6.42 Å². The summed E-state index contributed by atoms with van der Waals surface area (Å²) in [5.74, 6) is 1.06. The van der Waals surface area contributed by atoms with E-state index in [4.69, 9.17) is 0 Å². The predicted octanol–water partition coefficient (Wildman–Crippen LogP) is 1.61.